The van der Waals surface area contributed by atoms with Crippen LogP contribution in [0.15, 0.2) is 24.3 Å². The Hall–Kier alpha value is -1.62. The van der Waals surface area contributed by atoms with Crippen LogP contribution in [0.1, 0.15) is 12.8 Å². The van der Waals surface area contributed by atoms with Crippen molar-refractivity contribution in [3.63, 3.8) is 0 Å². The van der Waals surface area contributed by atoms with Gasteiger partial charge in [0.05, 0.1) is 0 Å². The van der Waals surface area contributed by atoms with E-state index in [1.165, 1.54) is 12.1 Å². The van der Waals surface area contributed by atoms with Crippen molar-refractivity contribution in [3.8, 4) is 0 Å². The minimum Gasteiger partial charge on any atom is -0.396 e. The fourth-order valence-corrected chi connectivity index (χ4v) is 2.17. The number of piperidine rings is 1. The smallest absolute Gasteiger partial charge is 0.321 e. The number of aliphatic hydroxyl groups excluding tert-OH is 1. The molecule has 1 aliphatic rings. The van der Waals surface area contributed by atoms with Crippen LogP contribution in [0, 0.1) is 11.7 Å². The molecule has 5 heteroatoms. The van der Waals surface area contributed by atoms with Crippen molar-refractivity contribution in [2.24, 2.45) is 5.92 Å². The number of urea groups is 1. The van der Waals surface area contributed by atoms with Gasteiger partial charge in [0.2, 0.25) is 0 Å². The van der Waals surface area contributed by atoms with Gasteiger partial charge in [-0.15, -0.1) is 0 Å². The fourth-order valence-electron chi connectivity index (χ4n) is 2.17. The molecule has 1 aromatic rings. The third-order valence-corrected chi connectivity index (χ3v) is 3.14. The molecule has 0 bridgehead atoms. The van der Waals surface area contributed by atoms with Gasteiger partial charge in [-0.2, -0.15) is 0 Å². The molecule has 2 amide bonds. The van der Waals surface area contributed by atoms with E-state index in [1.54, 1.807) is 17.0 Å². The highest BCUT2D eigenvalue weighted by Crippen LogP contribution is 2.17. The lowest BCUT2D eigenvalue weighted by Crippen LogP contribution is -2.43. The van der Waals surface area contributed by atoms with Gasteiger partial charge in [-0.25, -0.2) is 9.18 Å². The Labute approximate surface area is 105 Å². The van der Waals surface area contributed by atoms with Crippen LogP contribution in [0.4, 0.5) is 14.9 Å². The molecule has 0 aromatic heterocycles. The summed E-state index contributed by atoms with van der Waals surface area (Å²) in [4.78, 5) is 13.6. The van der Waals surface area contributed by atoms with Gasteiger partial charge in [0, 0.05) is 25.4 Å². The summed E-state index contributed by atoms with van der Waals surface area (Å²) in [7, 11) is 0. The van der Waals surface area contributed by atoms with E-state index in [2.05, 4.69) is 5.32 Å². The molecule has 98 valence electrons. The normalized spacial score (nSPS) is 19.7. The van der Waals surface area contributed by atoms with E-state index in [4.69, 9.17) is 5.11 Å². The van der Waals surface area contributed by atoms with E-state index in [-0.39, 0.29) is 24.4 Å². The third kappa shape index (κ3) is 3.20. The number of carbonyl (C=O) groups is 1. The van der Waals surface area contributed by atoms with Gasteiger partial charge in [0.1, 0.15) is 5.82 Å². The Morgan fingerprint density at radius 3 is 3.11 bits per heavy atom. The second-order valence-electron chi connectivity index (χ2n) is 4.58. The van der Waals surface area contributed by atoms with Gasteiger partial charge in [0.15, 0.2) is 0 Å². The summed E-state index contributed by atoms with van der Waals surface area (Å²) in [6.45, 7) is 1.33. The Morgan fingerprint density at radius 2 is 2.39 bits per heavy atom. The fraction of sp³-hybridized carbons (Fsp3) is 0.462. The molecule has 18 heavy (non-hydrogen) atoms. The number of aliphatic hydroxyl groups is 1. The molecule has 4 nitrogen and oxygen atoms in total. The van der Waals surface area contributed by atoms with Gasteiger partial charge in [-0.1, -0.05) is 6.07 Å². The Kier molecular flexibility index (Phi) is 4.15. The standard InChI is InChI=1S/C13H17FN2O2/c14-11-4-1-5-12(7-11)15-13(18)16-6-2-3-10(8-16)9-17/h1,4-5,7,10,17H,2-3,6,8-9H2,(H,15,18). The summed E-state index contributed by atoms with van der Waals surface area (Å²) in [5.74, 6) is -0.225. The topological polar surface area (TPSA) is 52.6 Å². The molecule has 1 unspecified atom stereocenters. The number of rotatable bonds is 2. The summed E-state index contributed by atoms with van der Waals surface area (Å²) in [6.07, 6.45) is 1.84. The predicted molar refractivity (Wildman–Crippen MR) is 66.8 cm³/mol. The predicted octanol–water partition coefficient (Wildman–Crippen LogP) is 2.06. The largest absolute Gasteiger partial charge is 0.396 e. The second-order valence-corrected chi connectivity index (χ2v) is 4.58. The monoisotopic (exact) mass is 252 g/mol. The van der Waals surface area contributed by atoms with Crippen LogP contribution in [-0.4, -0.2) is 35.7 Å². The highest BCUT2D eigenvalue weighted by atomic mass is 19.1. The first-order valence-electron chi connectivity index (χ1n) is 6.11. The zero-order chi connectivity index (χ0) is 13.0. The third-order valence-electron chi connectivity index (χ3n) is 3.14. The summed E-state index contributed by atoms with van der Waals surface area (Å²) >= 11 is 0. The van der Waals surface area contributed by atoms with E-state index in [1.807, 2.05) is 0 Å². The van der Waals surface area contributed by atoms with E-state index >= 15 is 0 Å². The molecule has 0 aliphatic carbocycles. The lowest BCUT2D eigenvalue weighted by molar-refractivity contribution is 0.136. The first kappa shape index (κ1) is 12.8. The number of hydrogen-bond acceptors (Lipinski definition) is 2. The van der Waals surface area contributed by atoms with Crippen LogP contribution in [0.5, 0.6) is 0 Å². The number of amides is 2. The molecule has 1 aromatic carbocycles. The molecule has 1 aliphatic heterocycles. The molecule has 2 N–H and O–H groups in total. The Balaban J connectivity index is 1.95. The van der Waals surface area contributed by atoms with E-state index in [0.29, 0.717) is 18.8 Å². The minimum atomic E-state index is -0.375. The maximum atomic E-state index is 13.0. The average Bonchev–Trinajstić information content (AvgIpc) is 2.39. The molecule has 0 radical (unpaired) electrons. The van der Waals surface area contributed by atoms with Crippen molar-refractivity contribution in [1.29, 1.82) is 0 Å². The molecule has 1 heterocycles. The molecule has 1 saturated heterocycles. The van der Waals surface area contributed by atoms with Crippen molar-refractivity contribution in [2.45, 2.75) is 12.8 Å². The van der Waals surface area contributed by atoms with Crippen molar-refractivity contribution in [3.05, 3.63) is 30.1 Å². The minimum absolute atomic E-state index is 0.101. The van der Waals surface area contributed by atoms with Crippen LogP contribution in [0.25, 0.3) is 0 Å². The number of nitrogens with one attached hydrogen (secondary N) is 1. The highest BCUT2D eigenvalue weighted by molar-refractivity contribution is 5.89. The number of halogens is 1. The number of nitrogens with zero attached hydrogens (tertiary/aromatic N) is 1. The number of benzene rings is 1. The van der Waals surface area contributed by atoms with Crippen LogP contribution >= 0.6 is 0 Å². The van der Waals surface area contributed by atoms with Gasteiger partial charge in [-0.05, 0) is 37.0 Å². The molecule has 0 saturated carbocycles. The molecule has 1 atom stereocenters. The zero-order valence-corrected chi connectivity index (χ0v) is 10.1. The molecule has 2 rings (SSSR count). The molecular formula is C13H17FN2O2. The van der Waals surface area contributed by atoms with Crippen molar-refractivity contribution in [1.82, 2.24) is 4.90 Å². The molecule has 1 fully saturated rings. The quantitative estimate of drug-likeness (QED) is 0.846. The van der Waals surface area contributed by atoms with E-state index in [0.717, 1.165) is 12.8 Å². The van der Waals surface area contributed by atoms with Crippen molar-refractivity contribution < 1.29 is 14.3 Å². The number of hydrogen-bond donors (Lipinski definition) is 2. The molecule has 0 spiro atoms. The lowest BCUT2D eigenvalue weighted by Gasteiger charge is -2.31. The first-order valence-corrected chi connectivity index (χ1v) is 6.11. The Morgan fingerprint density at radius 1 is 1.56 bits per heavy atom. The molecular weight excluding hydrogens is 235 g/mol. The van der Waals surface area contributed by atoms with Crippen molar-refractivity contribution in [2.75, 3.05) is 25.0 Å². The Bertz CT molecular complexity index is 425. The van der Waals surface area contributed by atoms with Crippen LogP contribution in [-0.2, 0) is 0 Å². The number of carbonyl (C=O) groups excluding carboxylic acids is 1. The SMILES string of the molecule is O=C(Nc1cccc(F)c1)N1CCCC(CO)C1. The van der Waals surface area contributed by atoms with Gasteiger partial charge in [-0.3, -0.25) is 0 Å². The van der Waals surface area contributed by atoms with Crippen LogP contribution in [0.3, 0.4) is 0 Å². The van der Waals surface area contributed by atoms with Gasteiger partial charge >= 0.3 is 6.03 Å². The van der Waals surface area contributed by atoms with E-state index < -0.39 is 0 Å². The number of anilines is 1. The maximum Gasteiger partial charge on any atom is 0.321 e. The highest BCUT2D eigenvalue weighted by Gasteiger charge is 2.23. The average molecular weight is 252 g/mol. The summed E-state index contributed by atoms with van der Waals surface area (Å²) in [5, 5.41) is 11.8. The summed E-state index contributed by atoms with van der Waals surface area (Å²) < 4.78 is 13.0. The lowest BCUT2D eigenvalue weighted by atomic mass is 9.99. The zero-order valence-electron chi connectivity index (χ0n) is 10.1. The van der Waals surface area contributed by atoms with E-state index in [9.17, 15) is 9.18 Å². The van der Waals surface area contributed by atoms with Crippen molar-refractivity contribution >= 4 is 11.7 Å². The second kappa shape index (κ2) is 5.82. The van der Waals surface area contributed by atoms with Gasteiger partial charge in [0.25, 0.3) is 0 Å². The first-order chi connectivity index (χ1) is 8.69. The van der Waals surface area contributed by atoms with Crippen LogP contribution in [0.2, 0.25) is 0 Å². The summed E-state index contributed by atoms with van der Waals surface area (Å²) in [6, 6.07) is 5.58. The summed E-state index contributed by atoms with van der Waals surface area (Å²) in [5.41, 5.74) is 0.450. The van der Waals surface area contributed by atoms with Gasteiger partial charge < -0.3 is 15.3 Å². The van der Waals surface area contributed by atoms with Crippen LogP contribution < -0.4 is 5.32 Å². The maximum absolute atomic E-state index is 13.0. The number of likely N-dealkylation sites (tertiary alicyclic amines) is 1.